The van der Waals surface area contributed by atoms with Crippen molar-refractivity contribution in [3.63, 3.8) is 0 Å². The molecule has 66 valence electrons. The first-order valence-corrected chi connectivity index (χ1v) is 3.65. The Kier molecular flexibility index (Phi) is 7.46. The first kappa shape index (κ1) is 10.6. The Balaban J connectivity index is 3.21. The highest BCUT2D eigenvalue weighted by Gasteiger charge is 1.94. The molecule has 3 nitrogen and oxygen atoms in total. The highest BCUT2D eigenvalue weighted by atomic mass is 16.7. The quantitative estimate of drug-likeness (QED) is 0.355. The summed E-state index contributed by atoms with van der Waals surface area (Å²) in [6.45, 7) is 3.07. The third kappa shape index (κ3) is 7.52. The van der Waals surface area contributed by atoms with Crippen LogP contribution in [0.25, 0.3) is 0 Å². The molecule has 0 radical (unpaired) electrons. The molecule has 0 heterocycles. The van der Waals surface area contributed by atoms with Crippen LogP contribution < -0.4 is 0 Å². The van der Waals surface area contributed by atoms with E-state index in [9.17, 15) is 0 Å². The highest BCUT2D eigenvalue weighted by molar-refractivity contribution is 4.85. The molecule has 0 bridgehead atoms. The van der Waals surface area contributed by atoms with Crippen LogP contribution in [0, 0.1) is 5.92 Å². The second-order valence-corrected chi connectivity index (χ2v) is 2.37. The van der Waals surface area contributed by atoms with Gasteiger partial charge in [0.15, 0.2) is 0 Å². The van der Waals surface area contributed by atoms with Gasteiger partial charge in [-0.25, -0.2) is 0 Å². The SMILES string of the molecule is COCOC[C@@H](C)/C=C/CO. The number of ether oxygens (including phenoxy) is 2. The first-order chi connectivity index (χ1) is 5.31. The van der Waals surface area contributed by atoms with Crippen LogP contribution in [0.1, 0.15) is 6.92 Å². The van der Waals surface area contributed by atoms with Gasteiger partial charge in [-0.05, 0) is 5.92 Å². The lowest BCUT2D eigenvalue weighted by Crippen LogP contribution is -2.05. The molecule has 0 rings (SSSR count). The number of aliphatic hydroxyl groups excluding tert-OH is 1. The summed E-state index contributed by atoms with van der Waals surface area (Å²) in [6, 6.07) is 0. The Hall–Kier alpha value is -0.380. The maximum atomic E-state index is 8.43. The number of hydrogen-bond acceptors (Lipinski definition) is 3. The van der Waals surface area contributed by atoms with Crippen molar-refractivity contribution in [3.05, 3.63) is 12.2 Å². The predicted octanol–water partition coefficient (Wildman–Crippen LogP) is 0.792. The van der Waals surface area contributed by atoms with Crippen LogP contribution in [-0.4, -0.2) is 32.2 Å². The number of hydrogen-bond donors (Lipinski definition) is 1. The van der Waals surface area contributed by atoms with Crippen molar-refractivity contribution in [2.45, 2.75) is 6.92 Å². The van der Waals surface area contributed by atoms with E-state index in [-0.39, 0.29) is 6.61 Å². The zero-order chi connectivity index (χ0) is 8.53. The van der Waals surface area contributed by atoms with Crippen molar-refractivity contribution in [2.24, 2.45) is 5.92 Å². The molecule has 0 aromatic carbocycles. The Morgan fingerprint density at radius 2 is 2.27 bits per heavy atom. The van der Waals surface area contributed by atoms with E-state index in [2.05, 4.69) is 0 Å². The molecule has 0 aliphatic rings. The van der Waals surface area contributed by atoms with Gasteiger partial charge < -0.3 is 14.6 Å². The van der Waals surface area contributed by atoms with Gasteiger partial charge >= 0.3 is 0 Å². The van der Waals surface area contributed by atoms with Crippen molar-refractivity contribution in [1.82, 2.24) is 0 Å². The van der Waals surface area contributed by atoms with Gasteiger partial charge in [0.2, 0.25) is 0 Å². The molecule has 0 fully saturated rings. The van der Waals surface area contributed by atoms with Crippen LogP contribution in [0.15, 0.2) is 12.2 Å². The summed E-state index contributed by atoms with van der Waals surface area (Å²) in [5.41, 5.74) is 0. The van der Waals surface area contributed by atoms with E-state index in [0.717, 1.165) is 0 Å². The van der Waals surface area contributed by atoms with Gasteiger partial charge in [0.25, 0.3) is 0 Å². The van der Waals surface area contributed by atoms with Crippen LogP contribution in [0.4, 0.5) is 0 Å². The largest absolute Gasteiger partial charge is 0.392 e. The van der Waals surface area contributed by atoms with Crippen LogP contribution in [0.2, 0.25) is 0 Å². The van der Waals surface area contributed by atoms with Gasteiger partial charge in [0.05, 0.1) is 13.2 Å². The van der Waals surface area contributed by atoms with Gasteiger partial charge in [-0.2, -0.15) is 0 Å². The topological polar surface area (TPSA) is 38.7 Å². The zero-order valence-electron chi connectivity index (χ0n) is 7.12. The summed E-state index contributed by atoms with van der Waals surface area (Å²) in [7, 11) is 1.59. The Morgan fingerprint density at radius 1 is 1.55 bits per heavy atom. The van der Waals surface area contributed by atoms with Crippen molar-refractivity contribution in [1.29, 1.82) is 0 Å². The molecule has 0 spiro atoms. The second-order valence-electron chi connectivity index (χ2n) is 2.37. The van der Waals surface area contributed by atoms with E-state index in [1.807, 2.05) is 13.0 Å². The van der Waals surface area contributed by atoms with E-state index in [1.165, 1.54) is 0 Å². The maximum Gasteiger partial charge on any atom is 0.146 e. The lowest BCUT2D eigenvalue weighted by atomic mass is 10.2. The highest BCUT2D eigenvalue weighted by Crippen LogP contribution is 1.97. The minimum atomic E-state index is 0.0919. The van der Waals surface area contributed by atoms with Gasteiger partial charge in [-0.15, -0.1) is 0 Å². The first-order valence-electron chi connectivity index (χ1n) is 3.65. The summed E-state index contributed by atoms with van der Waals surface area (Å²) in [4.78, 5) is 0. The molecule has 0 aromatic rings. The van der Waals surface area contributed by atoms with E-state index in [0.29, 0.717) is 19.3 Å². The normalized spacial score (nSPS) is 14.1. The minimum Gasteiger partial charge on any atom is -0.392 e. The molecule has 0 aliphatic carbocycles. The summed E-state index contributed by atoms with van der Waals surface area (Å²) >= 11 is 0. The van der Waals surface area contributed by atoms with Crippen LogP contribution in [0.3, 0.4) is 0 Å². The molecule has 0 saturated carbocycles. The van der Waals surface area contributed by atoms with E-state index >= 15 is 0 Å². The average Bonchev–Trinajstić information content (AvgIpc) is 2.01. The number of methoxy groups -OCH3 is 1. The fourth-order valence-electron chi connectivity index (χ4n) is 0.666. The number of rotatable bonds is 6. The smallest absolute Gasteiger partial charge is 0.146 e. The van der Waals surface area contributed by atoms with E-state index in [4.69, 9.17) is 14.6 Å². The van der Waals surface area contributed by atoms with Crippen LogP contribution in [0.5, 0.6) is 0 Å². The predicted molar refractivity (Wildman–Crippen MR) is 43.2 cm³/mol. The number of aliphatic hydroxyl groups is 1. The van der Waals surface area contributed by atoms with E-state index < -0.39 is 0 Å². The third-order valence-electron chi connectivity index (χ3n) is 1.15. The van der Waals surface area contributed by atoms with Crippen molar-refractivity contribution >= 4 is 0 Å². The molecule has 3 heteroatoms. The standard InChI is InChI=1S/C8H16O3/c1-8(4-3-5-9)6-11-7-10-2/h3-4,8-9H,5-7H2,1-2H3/b4-3+/t8-/m0/s1. The molecule has 11 heavy (non-hydrogen) atoms. The summed E-state index contributed by atoms with van der Waals surface area (Å²) in [5, 5.41) is 8.43. The molecule has 0 unspecified atom stereocenters. The zero-order valence-corrected chi connectivity index (χ0v) is 7.12. The van der Waals surface area contributed by atoms with Gasteiger partial charge in [0, 0.05) is 7.11 Å². The lowest BCUT2D eigenvalue weighted by molar-refractivity contribution is -0.0371. The molecule has 0 aromatic heterocycles. The van der Waals surface area contributed by atoms with Crippen molar-refractivity contribution < 1.29 is 14.6 Å². The van der Waals surface area contributed by atoms with Crippen molar-refractivity contribution in [2.75, 3.05) is 27.1 Å². The molecule has 1 N–H and O–H groups in total. The maximum absolute atomic E-state index is 8.43. The lowest BCUT2D eigenvalue weighted by Gasteiger charge is -2.05. The van der Waals surface area contributed by atoms with E-state index in [1.54, 1.807) is 13.2 Å². The minimum absolute atomic E-state index is 0.0919. The van der Waals surface area contributed by atoms with Gasteiger partial charge in [0.1, 0.15) is 6.79 Å². The van der Waals surface area contributed by atoms with Crippen LogP contribution >= 0.6 is 0 Å². The summed E-state index contributed by atoms with van der Waals surface area (Å²) < 4.78 is 9.79. The molecule has 0 aliphatic heterocycles. The van der Waals surface area contributed by atoms with Gasteiger partial charge in [-0.3, -0.25) is 0 Å². The summed E-state index contributed by atoms with van der Waals surface area (Å²) in [6.07, 6.45) is 3.62. The summed E-state index contributed by atoms with van der Waals surface area (Å²) in [5.74, 6) is 0.331. The Bertz CT molecular complexity index is 102. The Morgan fingerprint density at radius 3 is 2.82 bits per heavy atom. The molecular formula is C8H16O3. The molecule has 1 atom stereocenters. The van der Waals surface area contributed by atoms with Crippen molar-refractivity contribution in [3.8, 4) is 0 Å². The average molecular weight is 160 g/mol. The third-order valence-corrected chi connectivity index (χ3v) is 1.15. The molecular weight excluding hydrogens is 144 g/mol. The van der Waals surface area contributed by atoms with Crippen LogP contribution in [-0.2, 0) is 9.47 Å². The fourth-order valence-corrected chi connectivity index (χ4v) is 0.666. The van der Waals surface area contributed by atoms with Gasteiger partial charge in [-0.1, -0.05) is 19.1 Å². The molecule has 0 amide bonds. The monoisotopic (exact) mass is 160 g/mol. The Labute approximate surface area is 67.6 Å². The second kappa shape index (κ2) is 7.72. The fraction of sp³-hybridized carbons (Fsp3) is 0.750. The molecule has 0 saturated heterocycles.